The summed E-state index contributed by atoms with van der Waals surface area (Å²) in [5.74, 6) is 0.679. The summed E-state index contributed by atoms with van der Waals surface area (Å²) < 4.78 is 0. The molecule has 0 radical (unpaired) electrons. The molecule has 1 aromatic rings. The molecule has 72 valence electrons. The van der Waals surface area contributed by atoms with Gasteiger partial charge in [0.15, 0.2) is 0 Å². The zero-order valence-corrected chi connectivity index (χ0v) is 9.66. The Morgan fingerprint density at radius 3 is 3.00 bits per heavy atom. The average molecular weight is 236 g/mol. The molecular formula is C9H11Cl2NS. The number of halogens is 2. The van der Waals surface area contributed by atoms with E-state index in [4.69, 9.17) is 23.2 Å². The molecule has 1 atom stereocenters. The average Bonchev–Trinajstić information content (AvgIpc) is 2.09. The van der Waals surface area contributed by atoms with Crippen LogP contribution in [0.15, 0.2) is 23.4 Å². The minimum Gasteiger partial charge on any atom is -0.248 e. The Bertz CT molecular complexity index is 268. The van der Waals surface area contributed by atoms with Crippen molar-refractivity contribution in [1.29, 1.82) is 0 Å². The third kappa shape index (κ3) is 3.75. The highest BCUT2D eigenvalue weighted by Gasteiger charge is 2.07. The molecule has 1 aromatic heterocycles. The highest BCUT2D eigenvalue weighted by atomic mass is 35.5. The Hall–Kier alpha value is 0.0800. The summed E-state index contributed by atoms with van der Waals surface area (Å²) in [7, 11) is 0. The molecule has 1 unspecified atom stereocenters. The summed E-state index contributed by atoms with van der Waals surface area (Å²) >= 11 is 13.3. The van der Waals surface area contributed by atoms with E-state index in [0.717, 1.165) is 11.4 Å². The van der Waals surface area contributed by atoms with Gasteiger partial charge in [-0.2, -0.15) is 0 Å². The largest absolute Gasteiger partial charge is 0.248 e. The summed E-state index contributed by atoms with van der Waals surface area (Å²) in [6.45, 7) is 2.12. The van der Waals surface area contributed by atoms with Crippen molar-refractivity contribution in [2.24, 2.45) is 0 Å². The lowest BCUT2D eigenvalue weighted by Gasteiger charge is -2.08. The number of nitrogens with zero attached hydrogens (tertiary/aromatic N) is 1. The second-order valence-corrected chi connectivity index (χ2v) is 4.91. The standard InChI is InChI=1S/C9H11Cl2NS/c1-7(4-5-10)13-9-8(11)3-2-6-12-9/h2-3,6-7H,4-5H2,1H3. The summed E-state index contributed by atoms with van der Waals surface area (Å²) in [5, 5.41) is 2.07. The first-order chi connectivity index (χ1) is 6.24. The molecule has 1 heterocycles. The number of rotatable bonds is 4. The zero-order chi connectivity index (χ0) is 9.68. The van der Waals surface area contributed by atoms with Gasteiger partial charge in [-0.3, -0.25) is 0 Å². The van der Waals surface area contributed by atoms with E-state index in [1.54, 1.807) is 18.0 Å². The van der Waals surface area contributed by atoms with Crippen molar-refractivity contribution in [2.45, 2.75) is 23.6 Å². The highest BCUT2D eigenvalue weighted by molar-refractivity contribution is 7.99. The van der Waals surface area contributed by atoms with Crippen molar-refractivity contribution in [1.82, 2.24) is 4.98 Å². The van der Waals surface area contributed by atoms with Gasteiger partial charge in [0, 0.05) is 17.3 Å². The van der Waals surface area contributed by atoms with E-state index in [1.165, 1.54) is 0 Å². The number of alkyl halides is 1. The van der Waals surface area contributed by atoms with Gasteiger partial charge in [-0.15, -0.1) is 23.4 Å². The Kier molecular flexibility index (Phi) is 4.92. The van der Waals surface area contributed by atoms with Crippen LogP contribution in [0.1, 0.15) is 13.3 Å². The van der Waals surface area contributed by atoms with Gasteiger partial charge in [-0.05, 0) is 18.6 Å². The van der Waals surface area contributed by atoms with Crippen molar-refractivity contribution < 1.29 is 0 Å². The van der Waals surface area contributed by atoms with Crippen LogP contribution in [0.2, 0.25) is 5.02 Å². The lowest BCUT2D eigenvalue weighted by Crippen LogP contribution is -1.97. The van der Waals surface area contributed by atoms with E-state index in [-0.39, 0.29) is 0 Å². The third-order valence-corrected chi connectivity index (χ3v) is 3.38. The monoisotopic (exact) mass is 235 g/mol. The zero-order valence-electron chi connectivity index (χ0n) is 7.34. The molecule has 0 saturated heterocycles. The van der Waals surface area contributed by atoms with Crippen molar-refractivity contribution >= 4 is 35.0 Å². The first-order valence-electron chi connectivity index (χ1n) is 4.07. The molecule has 0 aromatic carbocycles. The van der Waals surface area contributed by atoms with Crippen LogP contribution >= 0.6 is 35.0 Å². The summed E-state index contributed by atoms with van der Waals surface area (Å²) in [4.78, 5) is 4.19. The normalized spacial score (nSPS) is 12.8. The SMILES string of the molecule is CC(CCCl)Sc1ncccc1Cl. The van der Waals surface area contributed by atoms with Crippen molar-refractivity contribution in [2.75, 3.05) is 5.88 Å². The summed E-state index contributed by atoms with van der Waals surface area (Å²) in [5.41, 5.74) is 0. The number of hydrogen-bond acceptors (Lipinski definition) is 2. The van der Waals surface area contributed by atoms with Crippen LogP contribution in [0.4, 0.5) is 0 Å². The first kappa shape index (κ1) is 11.2. The molecule has 1 rings (SSSR count). The molecule has 0 aliphatic rings. The van der Waals surface area contributed by atoms with Gasteiger partial charge in [0.25, 0.3) is 0 Å². The Labute approximate surface area is 92.8 Å². The molecule has 13 heavy (non-hydrogen) atoms. The molecule has 0 N–H and O–H groups in total. The van der Waals surface area contributed by atoms with Crippen molar-refractivity contribution in [3.63, 3.8) is 0 Å². The van der Waals surface area contributed by atoms with E-state index in [0.29, 0.717) is 16.2 Å². The number of hydrogen-bond donors (Lipinski definition) is 0. The van der Waals surface area contributed by atoms with Crippen LogP contribution in [0.5, 0.6) is 0 Å². The maximum absolute atomic E-state index is 5.95. The van der Waals surface area contributed by atoms with Crippen LogP contribution in [-0.4, -0.2) is 16.1 Å². The summed E-state index contributed by atoms with van der Waals surface area (Å²) in [6, 6.07) is 3.68. The fraction of sp³-hybridized carbons (Fsp3) is 0.444. The Morgan fingerprint density at radius 1 is 1.62 bits per heavy atom. The maximum Gasteiger partial charge on any atom is 0.115 e. The molecule has 0 aliphatic heterocycles. The predicted octanol–water partition coefficient (Wildman–Crippen LogP) is 3.84. The molecule has 0 saturated carbocycles. The Morgan fingerprint density at radius 2 is 2.38 bits per heavy atom. The lowest BCUT2D eigenvalue weighted by atomic mass is 10.4. The molecule has 0 amide bonds. The number of thioether (sulfide) groups is 1. The van der Waals surface area contributed by atoms with Crippen LogP contribution in [0, 0.1) is 0 Å². The van der Waals surface area contributed by atoms with Gasteiger partial charge in [-0.25, -0.2) is 4.98 Å². The number of pyridine rings is 1. The van der Waals surface area contributed by atoms with Gasteiger partial charge in [0.05, 0.1) is 5.02 Å². The molecule has 0 aliphatic carbocycles. The third-order valence-electron chi connectivity index (χ3n) is 1.55. The van der Waals surface area contributed by atoms with Gasteiger partial charge in [0.2, 0.25) is 0 Å². The van der Waals surface area contributed by atoms with Crippen LogP contribution < -0.4 is 0 Å². The first-order valence-corrected chi connectivity index (χ1v) is 5.86. The lowest BCUT2D eigenvalue weighted by molar-refractivity contribution is 0.907. The van der Waals surface area contributed by atoms with E-state index in [1.807, 2.05) is 12.1 Å². The minimum atomic E-state index is 0.463. The fourth-order valence-electron chi connectivity index (χ4n) is 0.861. The van der Waals surface area contributed by atoms with E-state index >= 15 is 0 Å². The topological polar surface area (TPSA) is 12.9 Å². The van der Waals surface area contributed by atoms with E-state index in [2.05, 4.69) is 11.9 Å². The van der Waals surface area contributed by atoms with Gasteiger partial charge in [-0.1, -0.05) is 18.5 Å². The molecule has 0 fully saturated rings. The second-order valence-electron chi connectivity index (χ2n) is 2.70. The predicted molar refractivity (Wildman–Crippen MR) is 59.9 cm³/mol. The molecule has 0 bridgehead atoms. The molecular weight excluding hydrogens is 225 g/mol. The quantitative estimate of drug-likeness (QED) is 0.581. The Balaban J connectivity index is 2.58. The fourth-order valence-corrected chi connectivity index (χ4v) is 2.49. The van der Waals surface area contributed by atoms with Crippen LogP contribution in [-0.2, 0) is 0 Å². The molecule has 4 heteroatoms. The maximum atomic E-state index is 5.95. The van der Waals surface area contributed by atoms with Crippen molar-refractivity contribution in [3.8, 4) is 0 Å². The smallest absolute Gasteiger partial charge is 0.115 e. The van der Waals surface area contributed by atoms with Gasteiger partial charge in [0.1, 0.15) is 5.03 Å². The molecule has 1 nitrogen and oxygen atoms in total. The van der Waals surface area contributed by atoms with Gasteiger partial charge >= 0.3 is 0 Å². The van der Waals surface area contributed by atoms with Crippen LogP contribution in [0.3, 0.4) is 0 Å². The number of aromatic nitrogens is 1. The van der Waals surface area contributed by atoms with E-state index < -0.39 is 0 Å². The van der Waals surface area contributed by atoms with E-state index in [9.17, 15) is 0 Å². The second kappa shape index (κ2) is 5.74. The summed E-state index contributed by atoms with van der Waals surface area (Å²) in [6.07, 6.45) is 2.72. The molecule has 0 spiro atoms. The minimum absolute atomic E-state index is 0.463. The van der Waals surface area contributed by atoms with Gasteiger partial charge < -0.3 is 0 Å². The van der Waals surface area contributed by atoms with Crippen molar-refractivity contribution in [3.05, 3.63) is 23.4 Å². The highest BCUT2D eigenvalue weighted by Crippen LogP contribution is 2.29. The van der Waals surface area contributed by atoms with Crippen LogP contribution in [0.25, 0.3) is 0 Å².